The summed E-state index contributed by atoms with van der Waals surface area (Å²) < 4.78 is 1.72. The van der Waals surface area contributed by atoms with Gasteiger partial charge in [0, 0.05) is 37.5 Å². The minimum absolute atomic E-state index is 0.102. The third-order valence-corrected chi connectivity index (χ3v) is 4.77. The number of nitrogens with zero attached hydrogens (tertiary/aromatic N) is 4. The van der Waals surface area contributed by atoms with Crippen LogP contribution in [0.4, 0.5) is 5.82 Å². The molecular formula is C17H21N5O3. The van der Waals surface area contributed by atoms with Crippen LogP contribution in [0.3, 0.4) is 0 Å². The fourth-order valence-corrected chi connectivity index (χ4v) is 3.19. The quantitative estimate of drug-likeness (QED) is 0.875. The first-order chi connectivity index (χ1) is 11.8. The normalized spacial score (nSPS) is 20.2. The highest BCUT2D eigenvalue weighted by molar-refractivity contribution is 5.98. The molecule has 1 aliphatic rings. The monoisotopic (exact) mass is 343 g/mol. The molecule has 8 nitrogen and oxygen atoms in total. The molecule has 1 aliphatic heterocycles. The number of pyridine rings is 1. The molecule has 0 unspecified atom stereocenters. The summed E-state index contributed by atoms with van der Waals surface area (Å²) in [5.41, 5.74) is 2.42. The second kappa shape index (κ2) is 6.19. The first-order valence-corrected chi connectivity index (χ1v) is 8.01. The molecule has 2 aromatic rings. The Hall–Kier alpha value is -2.90. The van der Waals surface area contributed by atoms with Gasteiger partial charge in [0.25, 0.3) is 0 Å². The molecule has 2 N–H and O–H groups in total. The van der Waals surface area contributed by atoms with Crippen molar-refractivity contribution in [3.63, 3.8) is 0 Å². The Bertz CT molecular complexity index is 845. The average Bonchev–Trinajstić information content (AvgIpc) is 3.04. The van der Waals surface area contributed by atoms with Crippen LogP contribution in [0.2, 0.25) is 0 Å². The maximum atomic E-state index is 12.8. The van der Waals surface area contributed by atoms with Crippen molar-refractivity contribution in [3.8, 4) is 5.75 Å². The second-order valence-corrected chi connectivity index (χ2v) is 6.38. The van der Waals surface area contributed by atoms with Crippen molar-refractivity contribution in [2.45, 2.75) is 26.3 Å². The number of aromatic nitrogens is 3. The Morgan fingerprint density at radius 2 is 2.04 bits per heavy atom. The summed E-state index contributed by atoms with van der Waals surface area (Å²) in [7, 11) is 3.51. The number of hydrogen-bond acceptors (Lipinski definition) is 5. The molecule has 0 saturated carbocycles. The van der Waals surface area contributed by atoms with Crippen LogP contribution in [0, 0.1) is 19.8 Å². The minimum atomic E-state index is -0.581. The summed E-state index contributed by atoms with van der Waals surface area (Å²) in [6.07, 6.45) is 1.80. The fourth-order valence-electron chi connectivity index (χ4n) is 3.19. The van der Waals surface area contributed by atoms with E-state index in [9.17, 15) is 14.7 Å². The highest BCUT2D eigenvalue weighted by atomic mass is 16.3. The van der Waals surface area contributed by atoms with Gasteiger partial charge >= 0.3 is 0 Å². The van der Waals surface area contributed by atoms with Crippen LogP contribution in [0.5, 0.6) is 5.75 Å². The first kappa shape index (κ1) is 16.9. The molecule has 0 spiro atoms. The number of likely N-dealkylation sites (tertiary alicyclic amines) is 1. The van der Waals surface area contributed by atoms with E-state index in [1.165, 1.54) is 6.07 Å². The van der Waals surface area contributed by atoms with E-state index < -0.39 is 12.0 Å². The van der Waals surface area contributed by atoms with Crippen molar-refractivity contribution in [1.29, 1.82) is 0 Å². The number of carbonyl (C=O) groups is 2. The molecule has 132 valence electrons. The van der Waals surface area contributed by atoms with Crippen LogP contribution in [0.15, 0.2) is 18.3 Å². The Morgan fingerprint density at radius 1 is 1.32 bits per heavy atom. The van der Waals surface area contributed by atoms with E-state index in [2.05, 4.69) is 15.4 Å². The number of carbonyl (C=O) groups excluding carboxylic acids is 2. The number of aromatic hydroxyl groups is 1. The van der Waals surface area contributed by atoms with Crippen molar-refractivity contribution < 1.29 is 14.7 Å². The van der Waals surface area contributed by atoms with E-state index >= 15 is 0 Å². The summed E-state index contributed by atoms with van der Waals surface area (Å²) in [5.74, 6) is -1.03. The van der Waals surface area contributed by atoms with Gasteiger partial charge in [-0.25, -0.2) is 4.98 Å². The number of rotatable bonds is 3. The van der Waals surface area contributed by atoms with E-state index in [1.54, 1.807) is 35.8 Å². The molecular weight excluding hydrogens is 322 g/mol. The minimum Gasteiger partial charge on any atom is -0.504 e. The molecule has 0 radical (unpaired) electrons. The van der Waals surface area contributed by atoms with Crippen molar-refractivity contribution in [2.75, 3.05) is 12.4 Å². The SMILES string of the molecule is Cc1ccc(O)c(NC(=O)[C@H]2CC(=O)N(C)[C@@H]2c2cnn(C)c2C)n1. The Labute approximate surface area is 145 Å². The molecule has 2 amide bonds. The van der Waals surface area contributed by atoms with Crippen molar-refractivity contribution in [1.82, 2.24) is 19.7 Å². The smallest absolute Gasteiger partial charge is 0.231 e. The highest BCUT2D eigenvalue weighted by Crippen LogP contribution is 2.39. The topological polar surface area (TPSA) is 100 Å². The molecule has 8 heteroatoms. The van der Waals surface area contributed by atoms with Crippen LogP contribution in [0.1, 0.15) is 29.4 Å². The zero-order valence-electron chi connectivity index (χ0n) is 14.6. The molecule has 3 heterocycles. The molecule has 2 atom stereocenters. The summed E-state index contributed by atoms with van der Waals surface area (Å²) in [4.78, 5) is 30.7. The van der Waals surface area contributed by atoms with Crippen LogP contribution in [-0.2, 0) is 16.6 Å². The van der Waals surface area contributed by atoms with Gasteiger partial charge in [-0.05, 0) is 26.0 Å². The molecule has 1 fully saturated rings. The van der Waals surface area contributed by atoms with E-state index in [1.807, 2.05) is 14.0 Å². The number of amides is 2. The van der Waals surface area contributed by atoms with Gasteiger partial charge in [0.2, 0.25) is 11.8 Å². The number of nitrogens with one attached hydrogen (secondary N) is 1. The van der Waals surface area contributed by atoms with Crippen molar-refractivity contribution >= 4 is 17.6 Å². The lowest BCUT2D eigenvalue weighted by molar-refractivity contribution is -0.128. The third-order valence-electron chi connectivity index (χ3n) is 4.77. The Morgan fingerprint density at radius 3 is 2.68 bits per heavy atom. The highest BCUT2D eigenvalue weighted by Gasteiger charge is 2.44. The number of hydrogen-bond donors (Lipinski definition) is 2. The average molecular weight is 343 g/mol. The van der Waals surface area contributed by atoms with E-state index in [4.69, 9.17) is 0 Å². The van der Waals surface area contributed by atoms with Gasteiger partial charge in [-0.15, -0.1) is 0 Å². The third kappa shape index (κ3) is 2.95. The molecule has 0 aliphatic carbocycles. The first-order valence-electron chi connectivity index (χ1n) is 8.01. The summed E-state index contributed by atoms with van der Waals surface area (Å²) >= 11 is 0. The van der Waals surface area contributed by atoms with Gasteiger partial charge in [0.1, 0.15) is 0 Å². The van der Waals surface area contributed by atoms with E-state index in [-0.39, 0.29) is 29.8 Å². The van der Waals surface area contributed by atoms with Gasteiger partial charge in [-0.2, -0.15) is 5.10 Å². The molecule has 2 aromatic heterocycles. The van der Waals surface area contributed by atoms with E-state index in [0.717, 1.165) is 11.3 Å². The van der Waals surface area contributed by atoms with Crippen molar-refractivity contribution in [3.05, 3.63) is 35.3 Å². The fraction of sp³-hybridized carbons (Fsp3) is 0.412. The predicted octanol–water partition coefficient (Wildman–Crippen LogP) is 1.30. The second-order valence-electron chi connectivity index (χ2n) is 6.38. The van der Waals surface area contributed by atoms with Crippen LogP contribution in [0.25, 0.3) is 0 Å². The summed E-state index contributed by atoms with van der Waals surface area (Å²) in [5, 5.41) is 16.8. The lowest BCUT2D eigenvalue weighted by atomic mass is 9.93. The Balaban J connectivity index is 1.91. The maximum absolute atomic E-state index is 12.8. The van der Waals surface area contributed by atoms with Gasteiger partial charge in [-0.3, -0.25) is 14.3 Å². The molecule has 0 bridgehead atoms. The lowest BCUT2D eigenvalue weighted by Gasteiger charge is -2.24. The largest absolute Gasteiger partial charge is 0.504 e. The van der Waals surface area contributed by atoms with Gasteiger partial charge in [-0.1, -0.05) is 0 Å². The molecule has 3 rings (SSSR count). The van der Waals surface area contributed by atoms with E-state index in [0.29, 0.717) is 5.69 Å². The molecule has 1 saturated heterocycles. The van der Waals surface area contributed by atoms with Crippen LogP contribution < -0.4 is 5.32 Å². The van der Waals surface area contributed by atoms with Gasteiger partial charge < -0.3 is 15.3 Å². The van der Waals surface area contributed by atoms with Crippen LogP contribution >= 0.6 is 0 Å². The predicted molar refractivity (Wildman–Crippen MR) is 90.8 cm³/mol. The number of aryl methyl sites for hydroxylation is 2. The Kier molecular flexibility index (Phi) is 4.20. The van der Waals surface area contributed by atoms with Crippen molar-refractivity contribution in [2.24, 2.45) is 13.0 Å². The number of anilines is 1. The zero-order valence-corrected chi connectivity index (χ0v) is 14.6. The molecule has 25 heavy (non-hydrogen) atoms. The maximum Gasteiger partial charge on any atom is 0.231 e. The standard InChI is InChI=1S/C17H21N5O3/c1-9-5-6-13(23)16(19-9)20-17(25)11-7-14(24)21(3)15(11)12-8-18-22(4)10(12)2/h5-6,8,11,15,23H,7H2,1-4H3,(H,19,20,25)/t11-,15-/m0/s1. The zero-order chi connectivity index (χ0) is 18.3. The summed E-state index contributed by atoms with van der Waals surface area (Å²) in [6.45, 7) is 3.67. The lowest BCUT2D eigenvalue weighted by Crippen LogP contribution is -2.30. The van der Waals surface area contributed by atoms with Gasteiger partial charge in [0.15, 0.2) is 11.6 Å². The van der Waals surface area contributed by atoms with Crippen LogP contribution in [-0.4, -0.2) is 43.6 Å². The van der Waals surface area contributed by atoms with Gasteiger partial charge in [0.05, 0.1) is 18.2 Å². The summed E-state index contributed by atoms with van der Waals surface area (Å²) in [6, 6.07) is 2.74. The molecule has 0 aromatic carbocycles.